The Hall–Kier alpha value is -1.03. The second-order valence-corrected chi connectivity index (χ2v) is 5.38. The lowest BCUT2D eigenvalue weighted by molar-refractivity contribution is 0.212. The summed E-state index contributed by atoms with van der Waals surface area (Å²) in [6.45, 7) is 4.42. The maximum atomic E-state index is 12.6. The first-order chi connectivity index (χ1) is 8.21. The number of para-hydroxylation sites is 2. The van der Waals surface area contributed by atoms with E-state index in [-0.39, 0.29) is 6.73 Å². The number of rotatable bonds is 5. The number of benzene rings is 1. The highest BCUT2D eigenvalue weighted by Gasteiger charge is 2.38. The van der Waals surface area contributed by atoms with E-state index in [9.17, 15) is 4.57 Å². The molecule has 0 bridgehead atoms. The minimum atomic E-state index is -3.29. The fourth-order valence-electron chi connectivity index (χ4n) is 1.70. The normalized spacial score (nSPS) is 14.6. The van der Waals surface area contributed by atoms with Gasteiger partial charge in [-0.05, 0) is 26.0 Å². The van der Waals surface area contributed by atoms with Gasteiger partial charge in [-0.25, -0.2) is 9.24 Å². The van der Waals surface area contributed by atoms with Crippen molar-refractivity contribution >= 4 is 13.4 Å². The van der Waals surface area contributed by atoms with Crippen LogP contribution in [-0.2, 0) is 13.6 Å². The fraction of sp³-hybridized carbons (Fsp3) is 0.455. The Labute approximate surface area is 101 Å². The van der Waals surface area contributed by atoms with Crippen LogP contribution < -0.4 is 9.41 Å². The van der Waals surface area contributed by atoms with Gasteiger partial charge in [-0.1, -0.05) is 12.1 Å². The summed E-state index contributed by atoms with van der Waals surface area (Å²) >= 11 is 0. The van der Waals surface area contributed by atoms with Gasteiger partial charge in [0.25, 0.3) is 0 Å². The molecule has 0 saturated heterocycles. The third kappa shape index (κ3) is 2.32. The van der Waals surface area contributed by atoms with Gasteiger partial charge in [0.1, 0.15) is 5.75 Å². The number of hydrogen-bond donors (Lipinski definition) is 0. The van der Waals surface area contributed by atoms with E-state index in [2.05, 4.69) is 0 Å². The number of fused-ring (bicyclic) bond motifs is 1. The molecule has 0 radical (unpaired) electrons. The van der Waals surface area contributed by atoms with E-state index in [1.54, 1.807) is 18.5 Å². The van der Waals surface area contributed by atoms with Gasteiger partial charge < -0.3 is 4.74 Å². The van der Waals surface area contributed by atoms with Crippen LogP contribution in [0.25, 0.3) is 0 Å². The van der Waals surface area contributed by atoms with E-state index in [0.717, 1.165) is 5.69 Å². The van der Waals surface area contributed by atoms with Crippen molar-refractivity contribution in [2.75, 3.05) is 24.6 Å². The van der Waals surface area contributed by atoms with Crippen molar-refractivity contribution in [2.24, 2.45) is 0 Å². The lowest BCUT2D eigenvalue weighted by atomic mass is 10.3. The van der Waals surface area contributed by atoms with E-state index in [1.165, 1.54) is 0 Å². The first kappa shape index (κ1) is 12.4. The molecule has 0 spiro atoms. The lowest BCUT2D eigenvalue weighted by Gasteiger charge is -2.25. The topological polar surface area (TPSA) is 48.0 Å². The molecule has 94 valence electrons. The molecule has 6 heteroatoms. The van der Waals surface area contributed by atoms with Crippen LogP contribution in [-0.4, -0.2) is 19.9 Å². The van der Waals surface area contributed by atoms with Gasteiger partial charge >= 0.3 is 7.75 Å². The molecule has 2 rings (SSSR count). The van der Waals surface area contributed by atoms with Crippen LogP contribution >= 0.6 is 7.75 Å². The maximum Gasteiger partial charge on any atom is 0.438 e. The Balaban J connectivity index is 2.31. The Morgan fingerprint density at radius 3 is 2.59 bits per heavy atom. The van der Waals surface area contributed by atoms with Crippen molar-refractivity contribution in [3.8, 4) is 5.75 Å². The molecule has 1 aliphatic heterocycles. The summed E-state index contributed by atoms with van der Waals surface area (Å²) in [6, 6.07) is 7.40. The van der Waals surface area contributed by atoms with Crippen molar-refractivity contribution in [1.82, 2.24) is 0 Å². The van der Waals surface area contributed by atoms with Crippen LogP contribution in [0.2, 0.25) is 0 Å². The van der Waals surface area contributed by atoms with Gasteiger partial charge in [-0.2, -0.15) is 0 Å². The molecule has 0 amide bonds. The summed E-state index contributed by atoms with van der Waals surface area (Å²) in [5.74, 6) is 0.701. The third-order valence-corrected chi connectivity index (χ3v) is 4.46. The molecule has 0 atom stereocenters. The Bertz CT molecular complexity index is 427. The first-order valence-corrected chi connectivity index (χ1v) is 7.09. The van der Waals surface area contributed by atoms with E-state index < -0.39 is 7.75 Å². The minimum Gasteiger partial charge on any atom is -0.470 e. The summed E-state index contributed by atoms with van der Waals surface area (Å²) in [6.07, 6.45) is 0. The highest BCUT2D eigenvalue weighted by Crippen LogP contribution is 2.57. The third-order valence-electron chi connectivity index (χ3n) is 2.37. The highest BCUT2D eigenvalue weighted by atomic mass is 31.2. The number of hydrogen-bond acceptors (Lipinski definition) is 4. The van der Waals surface area contributed by atoms with Gasteiger partial charge in [0, 0.05) is 0 Å². The summed E-state index contributed by atoms with van der Waals surface area (Å²) in [4.78, 5) is 0. The van der Waals surface area contributed by atoms with Crippen LogP contribution in [0.3, 0.4) is 0 Å². The molecule has 0 aliphatic carbocycles. The SMILES string of the molecule is CCOP(=O)(OCC)N1COc2ccccc21. The standard InChI is InChI=1S/C11H16NO4P/c1-3-15-17(13,16-4-2)12-9-14-11-8-6-5-7-10(11)12/h5-8H,3-4,9H2,1-2H3. The molecule has 5 nitrogen and oxygen atoms in total. The molecule has 0 saturated carbocycles. The quantitative estimate of drug-likeness (QED) is 0.759. The minimum absolute atomic E-state index is 0.191. The van der Waals surface area contributed by atoms with E-state index >= 15 is 0 Å². The Morgan fingerprint density at radius 1 is 1.29 bits per heavy atom. The van der Waals surface area contributed by atoms with Crippen molar-refractivity contribution < 1.29 is 18.3 Å². The Kier molecular flexibility index (Phi) is 3.72. The molecule has 1 aromatic rings. The molecule has 1 aromatic carbocycles. The Morgan fingerprint density at radius 2 is 1.94 bits per heavy atom. The van der Waals surface area contributed by atoms with Gasteiger partial charge in [0.15, 0.2) is 6.73 Å². The monoisotopic (exact) mass is 257 g/mol. The number of anilines is 1. The van der Waals surface area contributed by atoms with E-state index in [1.807, 2.05) is 24.3 Å². The largest absolute Gasteiger partial charge is 0.470 e. The maximum absolute atomic E-state index is 12.6. The van der Waals surface area contributed by atoms with Gasteiger partial charge in [0.2, 0.25) is 0 Å². The molecule has 0 aromatic heterocycles. The predicted molar refractivity (Wildman–Crippen MR) is 65.3 cm³/mol. The smallest absolute Gasteiger partial charge is 0.438 e. The van der Waals surface area contributed by atoms with Crippen LogP contribution in [0.15, 0.2) is 24.3 Å². The van der Waals surface area contributed by atoms with E-state index in [0.29, 0.717) is 19.0 Å². The van der Waals surface area contributed by atoms with Crippen LogP contribution in [0.5, 0.6) is 5.75 Å². The van der Waals surface area contributed by atoms with Gasteiger partial charge in [0.05, 0.1) is 18.9 Å². The average molecular weight is 257 g/mol. The molecule has 1 heterocycles. The molecule has 0 fully saturated rings. The van der Waals surface area contributed by atoms with Crippen molar-refractivity contribution in [2.45, 2.75) is 13.8 Å². The summed E-state index contributed by atoms with van der Waals surface area (Å²) in [5, 5.41) is 0. The van der Waals surface area contributed by atoms with Crippen LogP contribution in [0, 0.1) is 0 Å². The molecular weight excluding hydrogens is 241 g/mol. The number of ether oxygens (including phenoxy) is 1. The zero-order chi connectivity index (χ0) is 12.3. The lowest BCUT2D eigenvalue weighted by Crippen LogP contribution is -2.21. The molecule has 0 unspecified atom stereocenters. The number of nitrogens with zero attached hydrogens (tertiary/aromatic N) is 1. The average Bonchev–Trinajstić information content (AvgIpc) is 2.74. The van der Waals surface area contributed by atoms with Gasteiger partial charge in [-0.15, -0.1) is 0 Å². The summed E-state index contributed by atoms with van der Waals surface area (Å²) in [7, 11) is -3.29. The van der Waals surface area contributed by atoms with E-state index in [4.69, 9.17) is 13.8 Å². The molecule has 1 aliphatic rings. The first-order valence-electron chi connectivity index (χ1n) is 5.60. The summed E-state index contributed by atoms with van der Waals surface area (Å²) < 4.78 is 30.2. The zero-order valence-corrected chi connectivity index (χ0v) is 10.9. The van der Waals surface area contributed by atoms with Crippen LogP contribution in [0.1, 0.15) is 13.8 Å². The molecule has 0 N–H and O–H groups in total. The van der Waals surface area contributed by atoms with Gasteiger partial charge in [-0.3, -0.25) is 9.05 Å². The van der Waals surface area contributed by atoms with Crippen molar-refractivity contribution in [3.05, 3.63) is 24.3 Å². The molecule has 17 heavy (non-hydrogen) atoms. The van der Waals surface area contributed by atoms with Crippen molar-refractivity contribution in [1.29, 1.82) is 0 Å². The van der Waals surface area contributed by atoms with Crippen LogP contribution in [0.4, 0.5) is 5.69 Å². The second-order valence-electron chi connectivity index (χ2n) is 3.44. The zero-order valence-electron chi connectivity index (χ0n) is 9.96. The second kappa shape index (κ2) is 5.08. The fourth-order valence-corrected chi connectivity index (χ4v) is 3.33. The summed E-state index contributed by atoms with van der Waals surface area (Å²) in [5.41, 5.74) is 0.748. The molecular formula is C11H16NO4P. The van der Waals surface area contributed by atoms with Crippen molar-refractivity contribution in [3.63, 3.8) is 0 Å². The predicted octanol–water partition coefficient (Wildman–Crippen LogP) is 3.02. The highest BCUT2D eigenvalue weighted by molar-refractivity contribution is 7.55.